The molecule has 46 heavy (non-hydrogen) atoms. The van der Waals surface area contributed by atoms with Crippen LogP contribution in [0, 0.1) is 0 Å². The highest BCUT2D eigenvalue weighted by molar-refractivity contribution is 5.88. The van der Waals surface area contributed by atoms with Crippen LogP contribution < -0.4 is 39.3 Å². The molecular weight excluding hydrogens is 616 g/mol. The van der Waals surface area contributed by atoms with Crippen molar-refractivity contribution in [3.8, 4) is 0 Å². The standard InChI is InChI=1S/C26H52N8O12/c1-2-26(42,34-25(30)31)24(41)33-12-6-10(27)20(45-22-11(28)7-13(37)14(43-22)8-32-4-3-5-35)19(40)21(12)46-23-18(39)16(29)17(38)15(9-36)44-23/h10-23,32,35-40,42H,2-9,27-29H2,1H3,(H,33,41)(H4,30,31,34)/t10-,11+,12+,13-,14+,15+,16-,17+,18+,19-,20?,21-,22+,23+,26?/m0/s1. The second-order valence-corrected chi connectivity index (χ2v) is 12.0. The molecule has 2 heterocycles. The Morgan fingerprint density at radius 1 is 0.935 bits per heavy atom. The van der Waals surface area contributed by atoms with Gasteiger partial charge < -0.3 is 94.0 Å². The second kappa shape index (κ2) is 17.0. The Balaban J connectivity index is 1.86. The van der Waals surface area contributed by atoms with Gasteiger partial charge in [0.25, 0.3) is 5.91 Å². The number of nitrogens with zero attached hydrogens (tertiary/aromatic N) is 1. The van der Waals surface area contributed by atoms with Crippen LogP contribution in [0.5, 0.6) is 0 Å². The van der Waals surface area contributed by atoms with Gasteiger partial charge in [0.05, 0.1) is 36.9 Å². The summed E-state index contributed by atoms with van der Waals surface area (Å²) in [5, 5.41) is 78.2. The van der Waals surface area contributed by atoms with E-state index in [1.54, 1.807) is 0 Å². The van der Waals surface area contributed by atoms with Crippen LogP contribution in [-0.2, 0) is 23.7 Å². The summed E-state index contributed by atoms with van der Waals surface area (Å²) in [7, 11) is 0. The van der Waals surface area contributed by atoms with Gasteiger partial charge in [-0.1, -0.05) is 6.92 Å². The number of hydrogen-bond donors (Lipinski definition) is 14. The van der Waals surface area contributed by atoms with Crippen molar-refractivity contribution in [2.24, 2.45) is 33.7 Å². The third-order valence-corrected chi connectivity index (χ3v) is 8.48. The fraction of sp³-hybridized carbons (Fsp3) is 0.923. The Morgan fingerprint density at radius 3 is 2.20 bits per heavy atom. The monoisotopic (exact) mass is 668 g/mol. The van der Waals surface area contributed by atoms with E-state index in [1.807, 2.05) is 0 Å². The largest absolute Gasteiger partial charge is 0.396 e. The van der Waals surface area contributed by atoms with Crippen molar-refractivity contribution in [1.29, 1.82) is 0 Å². The zero-order valence-electron chi connectivity index (χ0n) is 25.7. The lowest BCUT2D eigenvalue weighted by Crippen LogP contribution is -2.69. The number of aliphatic hydroxyl groups excluding tert-OH is 6. The van der Waals surface area contributed by atoms with Crippen molar-refractivity contribution in [3.05, 3.63) is 0 Å². The van der Waals surface area contributed by atoms with Crippen LogP contribution >= 0.6 is 0 Å². The number of nitrogens with one attached hydrogen (secondary N) is 2. The number of ether oxygens (including phenoxy) is 4. The first-order valence-electron chi connectivity index (χ1n) is 15.3. The molecule has 20 heteroatoms. The Bertz CT molecular complexity index is 999. The average Bonchev–Trinajstić information content (AvgIpc) is 3.00. The van der Waals surface area contributed by atoms with Gasteiger partial charge in [0.15, 0.2) is 18.5 Å². The van der Waals surface area contributed by atoms with Crippen LogP contribution in [-0.4, -0.2) is 165 Å². The number of amides is 1. The van der Waals surface area contributed by atoms with Gasteiger partial charge in [-0.05, 0) is 25.8 Å². The zero-order chi connectivity index (χ0) is 34.3. The van der Waals surface area contributed by atoms with Gasteiger partial charge >= 0.3 is 0 Å². The molecule has 0 aromatic carbocycles. The number of carbonyl (C=O) groups is 1. The molecule has 3 rings (SSSR count). The van der Waals surface area contributed by atoms with Gasteiger partial charge in [0.1, 0.15) is 36.6 Å². The van der Waals surface area contributed by atoms with Crippen LogP contribution in [0.4, 0.5) is 0 Å². The number of aliphatic hydroxyl groups is 7. The fourth-order valence-corrected chi connectivity index (χ4v) is 5.73. The lowest BCUT2D eigenvalue weighted by Gasteiger charge is -2.48. The molecule has 19 N–H and O–H groups in total. The van der Waals surface area contributed by atoms with Crippen molar-refractivity contribution in [2.75, 3.05) is 26.3 Å². The maximum Gasteiger partial charge on any atom is 0.275 e. The van der Waals surface area contributed by atoms with E-state index in [2.05, 4.69) is 15.6 Å². The SMILES string of the molecule is CCC(O)(N=C(N)N)C(=O)N[C@@H]1C[C@H](N)C(O[C@H]2O[C@H](CNCCCO)[C@@H](O)C[C@H]2N)[C@H](O)[C@H]1O[C@H]1O[C@H](CO)[C@@H](O)[C@H](N)[C@H]1O. The van der Waals surface area contributed by atoms with Crippen LogP contribution in [0.2, 0.25) is 0 Å². The predicted octanol–water partition coefficient (Wildman–Crippen LogP) is -7.75. The van der Waals surface area contributed by atoms with Crippen LogP contribution in [0.3, 0.4) is 0 Å². The minimum atomic E-state index is -2.38. The van der Waals surface area contributed by atoms with E-state index in [1.165, 1.54) is 6.92 Å². The summed E-state index contributed by atoms with van der Waals surface area (Å²) in [5.74, 6) is -1.60. The molecule has 1 aliphatic carbocycles. The lowest BCUT2D eigenvalue weighted by molar-refractivity contribution is -0.316. The molecule has 0 radical (unpaired) electrons. The van der Waals surface area contributed by atoms with Crippen LogP contribution in [0.15, 0.2) is 4.99 Å². The molecule has 2 saturated heterocycles. The quantitative estimate of drug-likeness (QED) is 0.0464. The lowest BCUT2D eigenvalue weighted by atomic mass is 9.83. The molecule has 1 amide bonds. The maximum atomic E-state index is 13.2. The highest BCUT2D eigenvalue weighted by Gasteiger charge is 2.52. The van der Waals surface area contributed by atoms with E-state index in [0.29, 0.717) is 13.0 Å². The Labute approximate surface area is 266 Å². The summed E-state index contributed by atoms with van der Waals surface area (Å²) in [6, 6.07) is -4.29. The third kappa shape index (κ3) is 9.18. The second-order valence-electron chi connectivity index (χ2n) is 12.0. The predicted molar refractivity (Wildman–Crippen MR) is 159 cm³/mol. The van der Waals surface area contributed by atoms with Crippen molar-refractivity contribution in [1.82, 2.24) is 10.6 Å². The molecule has 20 nitrogen and oxygen atoms in total. The van der Waals surface area contributed by atoms with Crippen molar-refractivity contribution in [2.45, 2.75) is 124 Å². The Hall–Kier alpha value is -1.86. The van der Waals surface area contributed by atoms with E-state index in [4.69, 9.17) is 52.7 Å². The summed E-state index contributed by atoms with van der Waals surface area (Å²) in [4.78, 5) is 16.8. The van der Waals surface area contributed by atoms with Crippen LogP contribution in [0.25, 0.3) is 0 Å². The highest BCUT2D eigenvalue weighted by atomic mass is 16.7. The number of guanidine groups is 1. The van der Waals surface area contributed by atoms with E-state index in [-0.39, 0.29) is 32.4 Å². The van der Waals surface area contributed by atoms with Crippen molar-refractivity contribution >= 4 is 11.9 Å². The zero-order valence-corrected chi connectivity index (χ0v) is 25.7. The maximum absolute atomic E-state index is 13.2. The highest BCUT2D eigenvalue weighted by Crippen LogP contribution is 2.32. The summed E-state index contributed by atoms with van der Waals surface area (Å²) in [6.07, 6.45) is -12.9. The minimum absolute atomic E-state index is 0.0120. The smallest absolute Gasteiger partial charge is 0.275 e. The number of aliphatic imine (C=N–C) groups is 1. The topological polar surface area (TPSA) is 362 Å². The summed E-state index contributed by atoms with van der Waals surface area (Å²) in [6.45, 7) is 1.47. The van der Waals surface area contributed by atoms with E-state index < -0.39 is 110 Å². The first-order chi connectivity index (χ1) is 21.7. The fourth-order valence-electron chi connectivity index (χ4n) is 5.73. The molecule has 0 aromatic rings. The summed E-state index contributed by atoms with van der Waals surface area (Å²) < 4.78 is 23.5. The molecule has 2 aliphatic heterocycles. The Kier molecular flexibility index (Phi) is 14.3. The van der Waals surface area contributed by atoms with E-state index in [9.17, 15) is 35.4 Å². The van der Waals surface area contributed by atoms with Gasteiger partial charge in [-0.15, -0.1) is 0 Å². The molecule has 1 saturated carbocycles. The molecule has 0 spiro atoms. The van der Waals surface area contributed by atoms with Gasteiger partial charge in [0.2, 0.25) is 5.72 Å². The van der Waals surface area contributed by atoms with Gasteiger partial charge in [0, 0.05) is 25.6 Å². The molecule has 0 aromatic heterocycles. The Morgan fingerprint density at radius 2 is 1.59 bits per heavy atom. The first kappa shape index (κ1) is 38.6. The summed E-state index contributed by atoms with van der Waals surface area (Å²) >= 11 is 0. The minimum Gasteiger partial charge on any atom is -0.396 e. The van der Waals surface area contributed by atoms with Crippen molar-refractivity contribution < 1.29 is 59.5 Å². The van der Waals surface area contributed by atoms with Gasteiger partial charge in [-0.3, -0.25) is 4.79 Å². The van der Waals surface area contributed by atoms with E-state index >= 15 is 0 Å². The molecule has 268 valence electrons. The number of carbonyl (C=O) groups excluding carboxylic acids is 1. The number of hydrogen-bond acceptors (Lipinski definition) is 17. The molecule has 3 aliphatic rings. The first-order valence-corrected chi connectivity index (χ1v) is 15.3. The molecular formula is C26H52N8O12. The molecule has 15 atom stereocenters. The number of rotatable bonds is 14. The third-order valence-electron chi connectivity index (χ3n) is 8.48. The van der Waals surface area contributed by atoms with Gasteiger partial charge in [-0.25, -0.2) is 4.99 Å². The molecule has 2 unspecified atom stereocenters. The van der Waals surface area contributed by atoms with Gasteiger partial charge in [-0.2, -0.15) is 0 Å². The van der Waals surface area contributed by atoms with Crippen molar-refractivity contribution in [3.63, 3.8) is 0 Å². The molecule has 3 fully saturated rings. The molecule has 0 bridgehead atoms. The normalized spacial score (nSPS) is 41.4. The van der Waals surface area contributed by atoms with Crippen LogP contribution in [0.1, 0.15) is 32.6 Å². The number of nitrogens with two attached hydrogens (primary N) is 5. The average molecular weight is 669 g/mol. The summed E-state index contributed by atoms with van der Waals surface area (Å²) in [5.41, 5.74) is 27.0. The van der Waals surface area contributed by atoms with E-state index in [0.717, 1.165) is 0 Å².